The molecule has 0 radical (unpaired) electrons. The summed E-state index contributed by atoms with van der Waals surface area (Å²) in [5.74, 6) is 1.86. The van der Waals surface area contributed by atoms with Crippen molar-refractivity contribution in [3.8, 4) is 5.75 Å². The van der Waals surface area contributed by atoms with E-state index in [2.05, 4.69) is 145 Å². The monoisotopic (exact) mass is 582 g/mol. The van der Waals surface area contributed by atoms with Gasteiger partial charge in [0.05, 0.1) is 0 Å². The lowest BCUT2D eigenvalue weighted by Crippen LogP contribution is -2.22. The highest BCUT2D eigenvalue weighted by molar-refractivity contribution is 5.82. The van der Waals surface area contributed by atoms with Crippen LogP contribution in [0.1, 0.15) is 142 Å². The average Bonchev–Trinajstić information content (AvgIpc) is 3.18. The second-order valence-electron chi connectivity index (χ2n) is 17.3. The first-order valence-electron chi connectivity index (χ1n) is 16.2. The molecule has 0 bridgehead atoms. The fourth-order valence-electron chi connectivity index (χ4n) is 6.83. The van der Waals surface area contributed by atoms with Crippen LogP contribution >= 0.6 is 0 Å². The third-order valence-electron chi connectivity index (χ3n) is 9.39. The van der Waals surface area contributed by atoms with Crippen molar-refractivity contribution in [3.63, 3.8) is 0 Å². The van der Waals surface area contributed by atoms with Crippen LogP contribution in [-0.2, 0) is 21.0 Å². The molecular formula is C41H58O2. The quantitative estimate of drug-likeness (QED) is 0.326. The standard InChI is InChI=1S/C41H58O2/c1-25(2)35(33-22-28(40(9,10)11)23-34(41(12,13)14)37(33)43-24-42-15)36-31-20-26(38(3,4)5)16-18-29(31)30-19-17-27(21-32(30)36)39(6,7)8/h16-23,29,31,36H,24H2,1-15H3. The lowest BCUT2D eigenvalue weighted by atomic mass is 9.70. The largest absolute Gasteiger partial charge is 0.467 e. The summed E-state index contributed by atoms with van der Waals surface area (Å²) in [4.78, 5) is 0. The van der Waals surface area contributed by atoms with E-state index in [1.54, 1.807) is 7.11 Å². The Balaban J connectivity index is 2.11. The van der Waals surface area contributed by atoms with E-state index < -0.39 is 0 Å². The van der Waals surface area contributed by atoms with Crippen molar-refractivity contribution in [1.82, 2.24) is 0 Å². The van der Waals surface area contributed by atoms with E-state index in [0.717, 1.165) is 5.75 Å². The zero-order chi connectivity index (χ0) is 32.3. The molecule has 0 heterocycles. The number of hydrogen-bond donors (Lipinski definition) is 0. The Morgan fingerprint density at radius 1 is 0.721 bits per heavy atom. The van der Waals surface area contributed by atoms with Crippen molar-refractivity contribution in [1.29, 1.82) is 0 Å². The summed E-state index contributed by atoms with van der Waals surface area (Å²) in [6, 6.07) is 12.1. The van der Waals surface area contributed by atoms with Gasteiger partial charge in [0, 0.05) is 30.1 Å². The smallest absolute Gasteiger partial charge is 0.188 e. The van der Waals surface area contributed by atoms with Crippen LogP contribution in [0.25, 0.3) is 5.57 Å². The van der Waals surface area contributed by atoms with Gasteiger partial charge in [-0.05, 0) is 80.9 Å². The van der Waals surface area contributed by atoms with Crippen molar-refractivity contribution < 1.29 is 9.47 Å². The molecule has 2 aromatic carbocycles. The minimum Gasteiger partial charge on any atom is -0.467 e. The second-order valence-corrected chi connectivity index (χ2v) is 17.3. The molecule has 2 aliphatic rings. The number of methoxy groups -OCH3 is 1. The van der Waals surface area contributed by atoms with E-state index in [0.29, 0.717) is 11.8 Å². The highest BCUT2D eigenvalue weighted by atomic mass is 16.7. The summed E-state index contributed by atoms with van der Waals surface area (Å²) in [5.41, 5.74) is 12.3. The molecular weight excluding hydrogens is 524 g/mol. The van der Waals surface area contributed by atoms with E-state index in [1.165, 1.54) is 50.1 Å². The SMILES string of the molecule is COCOc1c(C(=C(C)C)C2c3cc(C(C)(C)C)ccc3C3C=CC(C(C)(C)C)=CC32)cc(C(C)(C)C)cc1C(C)(C)C. The van der Waals surface area contributed by atoms with Crippen LogP contribution < -0.4 is 4.74 Å². The second kappa shape index (κ2) is 11.4. The van der Waals surface area contributed by atoms with Crippen LogP contribution in [0, 0.1) is 11.3 Å². The predicted octanol–water partition coefficient (Wildman–Crippen LogP) is 11.4. The third-order valence-corrected chi connectivity index (χ3v) is 9.39. The molecule has 2 heteroatoms. The molecule has 0 N–H and O–H groups in total. The predicted molar refractivity (Wildman–Crippen MR) is 185 cm³/mol. The Hall–Kier alpha value is -2.58. The van der Waals surface area contributed by atoms with E-state index in [9.17, 15) is 0 Å². The van der Waals surface area contributed by atoms with Crippen LogP contribution in [-0.4, -0.2) is 13.9 Å². The molecule has 3 unspecified atom stereocenters. The Morgan fingerprint density at radius 2 is 1.35 bits per heavy atom. The molecule has 0 fully saturated rings. The summed E-state index contributed by atoms with van der Waals surface area (Å²) in [5, 5.41) is 0. The minimum atomic E-state index is -0.103. The lowest BCUT2D eigenvalue weighted by molar-refractivity contribution is 0.0495. The van der Waals surface area contributed by atoms with E-state index in [-0.39, 0.29) is 34.4 Å². The maximum atomic E-state index is 6.59. The third kappa shape index (κ3) is 6.60. The molecule has 0 spiro atoms. The number of ether oxygens (including phenoxy) is 2. The molecule has 0 amide bonds. The minimum absolute atomic E-state index is 0.0102. The molecule has 0 saturated carbocycles. The Kier molecular flexibility index (Phi) is 8.84. The topological polar surface area (TPSA) is 18.5 Å². The first-order chi connectivity index (χ1) is 19.7. The maximum absolute atomic E-state index is 6.59. The molecule has 43 heavy (non-hydrogen) atoms. The summed E-state index contributed by atoms with van der Waals surface area (Å²) >= 11 is 0. The van der Waals surface area contributed by atoms with Crippen molar-refractivity contribution in [3.05, 3.63) is 93.1 Å². The number of benzene rings is 2. The van der Waals surface area contributed by atoms with E-state index >= 15 is 0 Å². The molecule has 2 aromatic rings. The van der Waals surface area contributed by atoms with Gasteiger partial charge in [-0.2, -0.15) is 0 Å². The fourth-order valence-corrected chi connectivity index (χ4v) is 6.83. The van der Waals surface area contributed by atoms with E-state index in [1.807, 2.05) is 0 Å². The van der Waals surface area contributed by atoms with E-state index in [4.69, 9.17) is 9.47 Å². The van der Waals surface area contributed by atoms with Gasteiger partial charge in [0.2, 0.25) is 0 Å². The summed E-state index contributed by atoms with van der Waals surface area (Å²) < 4.78 is 12.1. The Labute approximate surface area is 263 Å². The number of hydrogen-bond acceptors (Lipinski definition) is 2. The molecule has 0 aliphatic heterocycles. The highest BCUT2D eigenvalue weighted by Crippen LogP contribution is 2.58. The number of fused-ring (bicyclic) bond motifs is 3. The van der Waals surface area contributed by atoms with Crippen molar-refractivity contribution in [2.24, 2.45) is 11.3 Å². The van der Waals surface area contributed by atoms with Gasteiger partial charge in [-0.3, -0.25) is 0 Å². The summed E-state index contributed by atoms with van der Waals surface area (Å²) in [6.45, 7) is 32.6. The Morgan fingerprint density at radius 3 is 1.86 bits per heavy atom. The number of rotatable bonds is 5. The lowest BCUT2D eigenvalue weighted by Gasteiger charge is -2.34. The fraction of sp³-hybridized carbons (Fsp3) is 0.561. The number of allylic oxidation sites excluding steroid dienone is 6. The van der Waals surface area contributed by atoms with Gasteiger partial charge in [-0.25, -0.2) is 0 Å². The Bertz CT molecular complexity index is 1450. The van der Waals surface area contributed by atoms with Crippen LogP contribution in [0.2, 0.25) is 0 Å². The van der Waals surface area contributed by atoms with Crippen LogP contribution in [0.5, 0.6) is 5.75 Å². The van der Waals surface area contributed by atoms with Gasteiger partial charge in [-0.15, -0.1) is 0 Å². The van der Waals surface area contributed by atoms with Gasteiger partial charge in [0.15, 0.2) is 6.79 Å². The zero-order valence-corrected chi connectivity index (χ0v) is 29.9. The summed E-state index contributed by atoms with van der Waals surface area (Å²) in [6.07, 6.45) is 7.47. The zero-order valence-electron chi connectivity index (χ0n) is 29.9. The van der Waals surface area contributed by atoms with Crippen molar-refractivity contribution in [2.75, 3.05) is 13.9 Å². The van der Waals surface area contributed by atoms with Gasteiger partial charge >= 0.3 is 0 Å². The molecule has 2 aliphatic carbocycles. The van der Waals surface area contributed by atoms with Crippen LogP contribution in [0.3, 0.4) is 0 Å². The van der Waals surface area contributed by atoms with Crippen molar-refractivity contribution >= 4 is 5.57 Å². The first kappa shape index (κ1) is 33.3. The van der Waals surface area contributed by atoms with Gasteiger partial charge in [0.25, 0.3) is 0 Å². The average molecular weight is 583 g/mol. The normalized spacial score (nSPS) is 20.4. The van der Waals surface area contributed by atoms with Gasteiger partial charge in [-0.1, -0.05) is 131 Å². The molecule has 234 valence electrons. The van der Waals surface area contributed by atoms with Crippen LogP contribution in [0.15, 0.2) is 59.7 Å². The molecule has 0 aromatic heterocycles. The van der Waals surface area contributed by atoms with Gasteiger partial charge < -0.3 is 9.47 Å². The van der Waals surface area contributed by atoms with Crippen LogP contribution in [0.4, 0.5) is 0 Å². The molecule has 2 nitrogen and oxygen atoms in total. The van der Waals surface area contributed by atoms with Crippen molar-refractivity contribution in [2.45, 2.75) is 125 Å². The summed E-state index contributed by atoms with van der Waals surface area (Å²) in [7, 11) is 1.71. The molecule has 3 atom stereocenters. The molecule has 4 rings (SSSR count). The van der Waals surface area contributed by atoms with Gasteiger partial charge in [0.1, 0.15) is 5.75 Å². The maximum Gasteiger partial charge on any atom is 0.188 e. The first-order valence-corrected chi connectivity index (χ1v) is 16.2. The molecule has 0 saturated heterocycles. The highest BCUT2D eigenvalue weighted by Gasteiger charge is 2.44.